The number of furan rings is 1. The summed E-state index contributed by atoms with van der Waals surface area (Å²) in [5.41, 5.74) is 2.84. The first-order chi connectivity index (χ1) is 15.7. The third-order valence-electron chi connectivity index (χ3n) is 5.11. The maximum atomic E-state index is 12.9. The number of para-hydroxylation sites is 2. The molecule has 0 bridgehead atoms. The molecule has 6 nitrogen and oxygen atoms in total. The van der Waals surface area contributed by atoms with Crippen LogP contribution in [0.15, 0.2) is 83.3 Å². The molecule has 0 aliphatic rings. The average Bonchev–Trinajstić information content (AvgIpc) is 3.22. The highest BCUT2D eigenvalue weighted by Gasteiger charge is 2.20. The van der Waals surface area contributed by atoms with E-state index < -0.39 is 0 Å². The second kappa shape index (κ2) is 9.83. The van der Waals surface area contributed by atoms with Gasteiger partial charge in [-0.1, -0.05) is 48.5 Å². The van der Waals surface area contributed by atoms with Crippen molar-refractivity contribution in [3.05, 3.63) is 101 Å². The second-order valence-electron chi connectivity index (χ2n) is 7.20. The molecule has 1 amide bonds. The first-order valence-corrected chi connectivity index (χ1v) is 10.3. The van der Waals surface area contributed by atoms with Crippen LogP contribution in [-0.2, 0) is 17.8 Å². The molecule has 1 N–H and O–H groups in total. The van der Waals surface area contributed by atoms with Gasteiger partial charge < -0.3 is 19.2 Å². The topological polar surface area (TPSA) is 77.8 Å². The Bertz CT molecular complexity index is 1210. The van der Waals surface area contributed by atoms with Gasteiger partial charge in [0.05, 0.1) is 12.7 Å². The summed E-state index contributed by atoms with van der Waals surface area (Å²) in [6.07, 6.45) is 0.614. The summed E-state index contributed by atoms with van der Waals surface area (Å²) in [6.45, 7) is 0.644. The molecule has 0 atom stereocenters. The Hall–Kier alpha value is -4.06. The van der Waals surface area contributed by atoms with Crippen molar-refractivity contribution in [2.24, 2.45) is 0 Å². The molecule has 4 rings (SSSR count). The molecule has 1 aromatic heterocycles. The van der Waals surface area contributed by atoms with E-state index in [4.69, 9.17) is 13.9 Å². The number of esters is 1. The standard InChI is InChI=1S/C26H23NO5/c1-30-26(29)19-13-11-18(12-14-19)15-16-27-25(28)24-22(17-31-20-7-3-2-4-8-20)21-9-5-6-10-23(21)32-24/h2-14H,15-17H2,1H3,(H,27,28). The molecular formula is C26H23NO5. The lowest BCUT2D eigenvalue weighted by molar-refractivity contribution is 0.0600. The van der Waals surface area contributed by atoms with E-state index in [1.807, 2.05) is 66.7 Å². The minimum atomic E-state index is -0.375. The van der Waals surface area contributed by atoms with E-state index in [-0.39, 0.29) is 24.2 Å². The van der Waals surface area contributed by atoms with Crippen LogP contribution in [0.25, 0.3) is 11.0 Å². The van der Waals surface area contributed by atoms with Gasteiger partial charge >= 0.3 is 5.97 Å². The highest BCUT2D eigenvalue weighted by atomic mass is 16.5. The molecule has 4 aromatic rings. The molecular weight excluding hydrogens is 406 g/mol. The smallest absolute Gasteiger partial charge is 0.337 e. The van der Waals surface area contributed by atoms with E-state index >= 15 is 0 Å². The van der Waals surface area contributed by atoms with Gasteiger partial charge in [-0.15, -0.1) is 0 Å². The van der Waals surface area contributed by atoms with E-state index in [1.165, 1.54) is 7.11 Å². The number of rotatable bonds is 8. The zero-order valence-corrected chi connectivity index (χ0v) is 17.7. The third kappa shape index (κ3) is 4.81. The number of benzene rings is 3. The highest BCUT2D eigenvalue weighted by molar-refractivity contribution is 5.99. The molecule has 0 radical (unpaired) electrons. The van der Waals surface area contributed by atoms with Crippen LogP contribution in [0.1, 0.15) is 32.0 Å². The molecule has 1 heterocycles. The summed E-state index contributed by atoms with van der Waals surface area (Å²) < 4.78 is 16.5. The van der Waals surface area contributed by atoms with Gasteiger partial charge in [-0.3, -0.25) is 4.79 Å². The van der Waals surface area contributed by atoms with E-state index in [1.54, 1.807) is 12.1 Å². The predicted molar refractivity (Wildman–Crippen MR) is 121 cm³/mol. The van der Waals surface area contributed by atoms with Crippen molar-refractivity contribution < 1.29 is 23.5 Å². The van der Waals surface area contributed by atoms with Crippen molar-refractivity contribution in [3.63, 3.8) is 0 Å². The number of fused-ring (bicyclic) bond motifs is 1. The summed E-state index contributed by atoms with van der Waals surface area (Å²) in [5.74, 6) is 0.307. The highest BCUT2D eigenvalue weighted by Crippen LogP contribution is 2.27. The molecule has 0 aliphatic carbocycles. The molecule has 0 saturated carbocycles. The molecule has 0 spiro atoms. The van der Waals surface area contributed by atoms with Gasteiger partial charge in [-0.05, 0) is 42.3 Å². The van der Waals surface area contributed by atoms with Crippen molar-refractivity contribution in [2.75, 3.05) is 13.7 Å². The largest absolute Gasteiger partial charge is 0.489 e. The third-order valence-corrected chi connectivity index (χ3v) is 5.11. The van der Waals surface area contributed by atoms with Crippen molar-refractivity contribution in [2.45, 2.75) is 13.0 Å². The van der Waals surface area contributed by atoms with Crippen molar-refractivity contribution >= 4 is 22.8 Å². The first-order valence-electron chi connectivity index (χ1n) is 10.3. The van der Waals surface area contributed by atoms with Crippen LogP contribution < -0.4 is 10.1 Å². The van der Waals surface area contributed by atoms with Crippen molar-refractivity contribution in [1.82, 2.24) is 5.32 Å². The van der Waals surface area contributed by atoms with Crippen LogP contribution in [0.2, 0.25) is 0 Å². The Balaban J connectivity index is 1.44. The quantitative estimate of drug-likeness (QED) is 0.408. The van der Waals surface area contributed by atoms with Gasteiger partial charge in [0.15, 0.2) is 5.76 Å². The predicted octanol–water partition coefficient (Wildman–Crippen LogP) is 4.77. The van der Waals surface area contributed by atoms with Gasteiger partial charge in [0, 0.05) is 17.5 Å². The van der Waals surface area contributed by atoms with E-state index in [2.05, 4.69) is 5.32 Å². The molecule has 32 heavy (non-hydrogen) atoms. The van der Waals surface area contributed by atoms with E-state index in [0.29, 0.717) is 29.7 Å². The maximum Gasteiger partial charge on any atom is 0.337 e. The van der Waals surface area contributed by atoms with Crippen LogP contribution in [0.5, 0.6) is 5.75 Å². The van der Waals surface area contributed by atoms with Gasteiger partial charge in [0.25, 0.3) is 5.91 Å². The number of hydrogen-bond acceptors (Lipinski definition) is 5. The Morgan fingerprint density at radius 3 is 2.38 bits per heavy atom. The first kappa shape index (κ1) is 21.2. The van der Waals surface area contributed by atoms with Gasteiger partial charge in [0.2, 0.25) is 0 Å². The summed E-state index contributed by atoms with van der Waals surface area (Å²) >= 11 is 0. The SMILES string of the molecule is COC(=O)c1ccc(CCNC(=O)c2oc3ccccc3c2COc2ccccc2)cc1. The fourth-order valence-corrected chi connectivity index (χ4v) is 3.42. The normalized spacial score (nSPS) is 10.7. The molecule has 0 fully saturated rings. The Labute approximate surface area is 185 Å². The molecule has 0 aliphatic heterocycles. The van der Waals surface area contributed by atoms with Crippen LogP contribution in [0.4, 0.5) is 0 Å². The van der Waals surface area contributed by atoms with Crippen molar-refractivity contribution in [3.8, 4) is 5.75 Å². The summed E-state index contributed by atoms with van der Waals surface area (Å²) in [6, 6.07) is 24.1. The number of carbonyl (C=O) groups is 2. The lowest BCUT2D eigenvalue weighted by Gasteiger charge is -2.08. The molecule has 3 aromatic carbocycles. The van der Waals surface area contributed by atoms with Crippen LogP contribution in [0, 0.1) is 0 Å². The second-order valence-corrected chi connectivity index (χ2v) is 7.20. The lowest BCUT2D eigenvalue weighted by Crippen LogP contribution is -2.26. The van der Waals surface area contributed by atoms with E-state index in [0.717, 1.165) is 16.7 Å². The minimum absolute atomic E-state index is 0.221. The number of amides is 1. The van der Waals surface area contributed by atoms with Crippen molar-refractivity contribution in [1.29, 1.82) is 0 Å². The molecule has 0 unspecified atom stereocenters. The summed E-state index contributed by atoms with van der Waals surface area (Å²) in [7, 11) is 1.35. The Morgan fingerprint density at radius 1 is 0.906 bits per heavy atom. The summed E-state index contributed by atoms with van der Waals surface area (Å²) in [4.78, 5) is 24.4. The zero-order chi connectivity index (χ0) is 22.3. The van der Waals surface area contributed by atoms with Gasteiger partial charge in [-0.2, -0.15) is 0 Å². The Kier molecular flexibility index (Phi) is 6.51. The van der Waals surface area contributed by atoms with Gasteiger partial charge in [-0.25, -0.2) is 4.79 Å². The maximum absolute atomic E-state index is 12.9. The Morgan fingerprint density at radius 2 is 1.62 bits per heavy atom. The molecule has 0 saturated heterocycles. The molecule has 6 heteroatoms. The zero-order valence-electron chi connectivity index (χ0n) is 17.7. The monoisotopic (exact) mass is 429 g/mol. The number of hydrogen-bond donors (Lipinski definition) is 1. The average molecular weight is 429 g/mol. The van der Waals surface area contributed by atoms with Crippen LogP contribution >= 0.6 is 0 Å². The number of nitrogens with one attached hydrogen (secondary N) is 1. The van der Waals surface area contributed by atoms with Gasteiger partial charge in [0.1, 0.15) is 17.9 Å². The summed E-state index contributed by atoms with van der Waals surface area (Å²) in [5, 5.41) is 3.77. The van der Waals surface area contributed by atoms with E-state index in [9.17, 15) is 9.59 Å². The fraction of sp³-hybridized carbons (Fsp3) is 0.154. The fourth-order valence-electron chi connectivity index (χ4n) is 3.42. The number of carbonyl (C=O) groups excluding carboxylic acids is 2. The number of methoxy groups -OCH3 is 1. The minimum Gasteiger partial charge on any atom is -0.489 e. The molecule has 162 valence electrons. The van der Waals surface area contributed by atoms with Crippen LogP contribution in [-0.4, -0.2) is 25.5 Å². The lowest BCUT2D eigenvalue weighted by atomic mass is 10.1. The number of ether oxygens (including phenoxy) is 2. The van der Waals surface area contributed by atoms with Crippen LogP contribution in [0.3, 0.4) is 0 Å².